The van der Waals surface area contributed by atoms with Gasteiger partial charge in [0, 0.05) is 56.2 Å². The first kappa shape index (κ1) is 20.2. The monoisotopic (exact) mass is 429 g/mol. The Labute approximate surface area is 181 Å². The lowest BCUT2D eigenvalue weighted by molar-refractivity contribution is 0.231. The molecule has 0 bridgehead atoms. The van der Waals surface area contributed by atoms with Crippen molar-refractivity contribution in [3.05, 3.63) is 52.8 Å². The number of anilines is 1. The molecule has 0 amide bonds. The fourth-order valence-corrected chi connectivity index (χ4v) is 4.10. The van der Waals surface area contributed by atoms with Gasteiger partial charge in [-0.05, 0) is 24.1 Å². The van der Waals surface area contributed by atoms with Crippen molar-refractivity contribution in [3.8, 4) is 22.6 Å². The molecule has 1 fully saturated rings. The highest BCUT2D eigenvalue weighted by Gasteiger charge is 2.19. The molecule has 1 aliphatic heterocycles. The number of hydrogen-bond acceptors (Lipinski definition) is 4. The molecule has 4 rings (SSSR count). The van der Waals surface area contributed by atoms with Crippen molar-refractivity contribution in [1.82, 2.24) is 19.9 Å². The molecule has 2 aromatic heterocycles. The van der Waals surface area contributed by atoms with E-state index in [2.05, 4.69) is 50.7 Å². The minimum Gasteiger partial charge on any atom is -0.354 e. The summed E-state index contributed by atoms with van der Waals surface area (Å²) in [5, 5.41) is 1.03. The Kier molecular flexibility index (Phi) is 6.09. The van der Waals surface area contributed by atoms with Crippen LogP contribution in [0.1, 0.15) is 13.8 Å². The number of H-pyrrole nitrogens is 1. The Morgan fingerprint density at radius 1 is 1.07 bits per heavy atom. The second-order valence-electron chi connectivity index (χ2n) is 7.82. The molecule has 1 N–H and O–H groups in total. The molecule has 1 aliphatic rings. The van der Waals surface area contributed by atoms with Crippen molar-refractivity contribution in [2.45, 2.75) is 13.8 Å². The molecule has 0 atom stereocenters. The highest BCUT2D eigenvalue weighted by molar-refractivity contribution is 6.43. The predicted octanol–water partition coefficient (Wildman–Crippen LogP) is 5.22. The highest BCUT2D eigenvalue weighted by Crippen LogP contribution is 2.33. The van der Waals surface area contributed by atoms with E-state index in [9.17, 15) is 0 Å². The number of aromatic amines is 1. The van der Waals surface area contributed by atoms with Gasteiger partial charge in [-0.15, -0.1) is 0 Å². The van der Waals surface area contributed by atoms with E-state index in [1.54, 1.807) is 6.07 Å². The van der Waals surface area contributed by atoms with Crippen LogP contribution < -0.4 is 4.90 Å². The molecule has 152 valence electrons. The minimum absolute atomic E-state index is 0.511. The first-order valence-corrected chi connectivity index (χ1v) is 10.7. The molecule has 3 heterocycles. The van der Waals surface area contributed by atoms with Crippen LogP contribution in [0.5, 0.6) is 0 Å². The van der Waals surface area contributed by atoms with Gasteiger partial charge in [-0.1, -0.05) is 49.2 Å². The zero-order valence-electron chi connectivity index (χ0n) is 16.7. The summed E-state index contributed by atoms with van der Waals surface area (Å²) in [5.41, 5.74) is 2.51. The molecule has 0 unspecified atom stereocenters. The first-order valence-electron chi connectivity index (χ1n) is 9.95. The van der Waals surface area contributed by atoms with Crippen LogP contribution in [0.15, 0.2) is 42.7 Å². The van der Waals surface area contributed by atoms with Gasteiger partial charge in [-0.3, -0.25) is 4.90 Å². The average molecular weight is 430 g/mol. The van der Waals surface area contributed by atoms with E-state index < -0.39 is 0 Å². The van der Waals surface area contributed by atoms with Gasteiger partial charge >= 0.3 is 0 Å². The zero-order chi connectivity index (χ0) is 20.4. The molecule has 0 radical (unpaired) electrons. The SMILES string of the molecule is CC(C)CN1CCN(c2ccc(-c3nc(-c4cccc(Cl)c4Cl)c[nH]3)cn2)CC1. The molecule has 1 aromatic carbocycles. The van der Waals surface area contributed by atoms with Crippen molar-refractivity contribution in [3.63, 3.8) is 0 Å². The van der Waals surface area contributed by atoms with Crippen molar-refractivity contribution in [2.24, 2.45) is 5.92 Å². The molecule has 5 nitrogen and oxygen atoms in total. The van der Waals surface area contributed by atoms with Crippen LogP contribution in [0.25, 0.3) is 22.6 Å². The minimum atomic E-state index is 0.511. The maximum absolute atomic E-state index is 6.32. The summed E-state index contributed by atoms with van der Waals surface area (Å²) < 4.78 is 0. The molecule has 0 aliphatic carbocycles. The summed E-state index contributed by atoms with van der Waals surface area (Å²) in [5.74, 6) is 2.48. The largest absolute Gasteiger partial charge is 0.354 e. The maximum atomic E-state index is 6.32. The molecule has 0 spiro atoms. The van der Waals surface area contributed by atoms with Gasteiger partial charge in [-0.2, -0.15) is 0 Å². The smallest absolute Gasteiger partial charge is 0.139 e. The summed E-state index contributed by atoms with van der Waals surface area (Å²) >= 11 is 12.4. The van der Waals surface area contributed by atoms with Crippen molar-refractivity contribution in [1.29, 1.82) is 0 Å². The van der Waals surface area contributed by atoms with E-state index in [4.69, 9.17) is 23.2 Å². The summed E-state index contributed by atoms with van der Waals surface area (Å²) in [4.78, 5) is 17.4. The molecular weight excluding hydrogens is 405 g/mol. The van der Waals surface area contributed by atoms with Gasteiger partial charge in [0.15, 0.2) is 0 Å². The van der Waals surface area contributed by atoms with E-state index >= 15 is 0 Å². The van der Waals surface area contributed by atoms with Crippen LogP contribution in [0.2, 0.25) is 10.0 Å². The Balaban J connectivity index is 1.45. The third kappa shape index (κ3) is 4.58. The number of nitrogens with one attached hydrogen (secondary N) is 1. The van der Waals surface area contributed by atoms with E-state index in [0.717, 1.165) is 61.2 Å². The molecule has 1 saturated heterocycles. The Morgan fingerprint density at radius 2 is 1.86 bits per heavy atom. The number of nitrogens with zero attached hydrogens (tertiary/aromatic N) is 4. The fourth-order valence-electron chi connectivity index (χ4n) is 3.70. The topological polar surface area (TPSA) is 48.0 Å². The third-order valence-electron chi connectivity index (χ3n) is 5.15. The number of hydrogen-bond donors (Lipinski definition) is 1. The summed E-state index contributed by atoms with van der Waals surface area (Å²) in [6.45, 7) is 9.90. The second-order valence-corrected chi connectivity index (χ2v) is 8.61. The molecule has 29 heavy (non-hydrogen) atoms. The van der Waals surface area contributed by atoms with Crippen LogP contribution in [-0.2, 0) is 0 Å². The van der Waals surface area contributed by atoms with Crippen molar-refractivity contribution in [2.75, 3.05) is 37.6 Å². The number of imidazole rings is 1. The maximum Gasteiger partial charge on any atom is 0.139 e. The number of pyridine rings is 1. The fraction of sp³-hybridized carbons (Fsp3) is 0.364. The van der Waals surface area contributed by atoms with Gasteiger partial charge in [0.25, 0.3) is 0 Å². The lowest BCUT2D eigenvalue weighted by Gasteiger charge is -2.36. The van der Waals surface area contributed by atoms with Gasteiger partial charge < -0.3 is 9.88 Å². The first-order chi connectivity index (χ1) is 14.0. The van der Waals surface area contributed by atoms with Crippen molar-refractivity contribution < 1.29 is 0 Å². The Bertz CT molecular complexity index is 960. The lowest BCUT2D eigenvalue weighted by Crippen LogP contribution is -2.47. The molecular formula is C22H25Cl2N5. The third-order valence-corrected chi connectivity index (χ3v) is 5.97. The van der Waals surface area contributed by atoms with Gasteiger partial charge in [0.05, 0.1) is 15.7 Å². The van der Waals surface area contributed by atoms with Crippen LogP contribution in [0, 0.1) is 5.92 Å². The van der Waals surface area contributed by atoms with Gasteiger partial charge in [-0.25, -0.2) is 9.97 Å². The molecule has 3 aromatic rings. The lowest BCUT2D eigenvalue weighted by atomic mass is 10.2. The van der Waals surface area contributed by atoms with Crippen LogP contribution in [0.4, 0.5) is 5.82 Å². The van der Waals surface area contributed by atoms with Gasteiger partial charge in [0.1, 0.15) is 11.6 Å². The predicted molar refractivity (Wildman–Crippen MR) is 121 cm³/mol. The van der Waals surface area contributed by atoms with E-state index in [1.807, 2.05) is 24.5 Å². The van der Waals surface area contributed by atoms with Crippen molar-refractivity contribution >= 4 is 29.0 Å². The standard InChI is InChI=1S/C22H25Cl2N5/c1-15(2)14-28-8-10-29(11-9-28)20-7-6-16(12-25-20)22-26-13-19(27-22)17-4-3-5-18(23)21(17)24/h3-7,12-13,15H,8-11,14H2,1-2H3,(H,26,27). The molecule has 0 saturated carbocycles. The second kappa shape index (κ2) is 8.74. The summed E-state index contributed by atoms with van der Waals surface area (Å²) in [7, 11) is 0. The van der Waals surface area contributed by atoms with E-state index in [1.165, 1.54) is 0 Å². The average Bonchev–Trinajstić information content (AvgIpc) is 3.20. The van der Waals surface area contributed by atoms with Gasteiger partial charge in [0.2, 0.25) is 0 Å². The summed E-state index contributed by atoms with van der Waals surface area (Å²) in [6.07, 6.45) is 3.72. The van der Waals surface area contributed by atoms with Crippen LogP contribution >= 0.6 is 23.2 Å². The van der Waals surface area contributed by atoms with E-state index in [-0.39, 0.29) is 0 Å². The highest BCUT2D eigenvalue weighted by atomic mass is 35.5. The number of aromatic nitrogens is 3. The Hall–Kier alpha value is -2.08. The Morgan fingerprint density at radius 3 is 2.55 bits per heavy atom. The number of rotatable bonds is 5. The quantitative estimate of drug-likeness (QED) is 0.603. The summed E-state index contributed by atoms with van der Waals surface area (Å²) in [6, 6.07) is 9.68. The molecule has 7 heteroatoms. The van der Waals surface area contributed by atoms with Crippen LogP contribution in [0.3, 0.4) is 0 Å². The zero-order valence-corrected chi connectivity index (χ0v) is 18.2. The van der Waals surface area contributed by atoms with Crippen LogP contribution in [-0.4, -0.2) is 52.6 Å². The number of halogens is 2. The number of piperazine rings is 1. The van der Waals surface area contributed by atoms with E-state index in [0.29, 0.717) is 16.0 Å². The number of benzene rings is 1. The normalized spacial score (nSPS) is 15.3.